The van der Waals surface area contributed by atoms with E-state index < -0.39 is 0 Å². The van der Waals surface area contributed by atoms with E-state index in [2.05, 4.69) is 10.3 Å². The van der Waals surface area contributed by atoms with Gasteiger partial charge in [-0.2, -0.15) is 0 Å². The third-order valence-corrected chi connectivity index (χ3v) is 2.69. The Bertz CT molecular complexity index is 320. The first-order valence-electron chi connectivity index (χ1n) is 4.10. The number of nitrogens with one attached hydrogen (secondary N) is 1. The van der Waals surface area contributed by atoms with Gasteiger partial charge in [0.25, 0.3) is 5.91 Å². The van der Waals surface area contributed by atoms with Crippen LogP contribution in [-0.2, 0) is 9.53 Å². The lowest BCUT2D eigenvalue weighted by atomic mass is 10.2. The summed E-state index contributed by atoms with van der Waals surface area (Å²) in [7, 11) is 0. The van der Waals surface area contributed by atoms with Crippen molar-refractivity contribution in [2.75, 3.05) is 11.9 Å². The van der Waals surface area contributed by atoms with Crippen molar-refractivity contribution < 1.29 is 9.53 Å². The van der Waals surface area contributed by atoms with Gasteiger partial charge in [0.1, 0.15) is 11.1 Å². The normalized spacial score (nSPS) is 20.8. The maximum Gasteiger partial charge on any atom is 0.254 e. The second-order valence-electron chi connectivity index (χ2n) is 2.88. The molecule has 1 saturated heterocycles. The second-order valence-corrected chi connectivity index (χ2v) is 4.12. The minimum atomic E-state index is -0.248. The van der Waals surface area contributed by atoms with Crippen LogP contribution in [0.1, 0.15) is 11.4 Å². The number of carbonyl (C=O) groups excluding carboxylic acids is 1. The van der Waals surface area contributed by atoms with E-state index in [-0.39, 0.29) is 12.0 Å². The van der Waals surface area contributed by atoms with Gasteiger partial charge in [-0.3, -0.25) is 4.79 Å². The van der Waals surface area contributed by atoms with Gasteiger partial charge in [-0.05, 0) is 6.92 Å². The summed E-state index contributed by atoms with van der Waals surface area (Å²) in [4.78, 5) is 15.4. The molecule has 1 atom stereocenters. The third kappa shape index (κ3) is 1.87. The molecular weight excluding hydrogens is 188 g/mol. The molecule has 0 spiro atoms. The summed E-state index contributed by atoms with van der Waals surface area (Å²) < 4.78 is 5.04. The molecule has 0 bridgehead atoms. The molecule has 2 rings (SSSR count). The molecule has 1 fully saturated rings. The minimum absolute atomic E-state index is 0.0603. The maximum atomic E-state index is 11.3. The zero-order valence-corrected chi connectivity index (χ0v) is 8.06. The predicted octanol–water partition coefficient (Wildman–Crippen LogP) is 1.18. The number of anilines is 1. The van der Waals surface area contributed by atoms with Gasteiger partial charge in [0.05, 0.1) is 17.8 Å². The van der Waals surface area contributed by atoms with Gasteiger partial charge in [0, 0.05) is 6.42 Å². The molecule has 1 N–H and O–H groups in total. The molecule has 1 amide bonds. The Balaban J connectivity index is 1.93. The van der Waals surface area contributed by atoms with E-state index in [1.165, 1.54) is 11.3 Å². The quantitative estimate of drug-likeness (QED) is 0.776. The molecule has 4 nitrogen and oxygen atoms in total. The SMILES string of the molecule is Cc1ncc(NC(=O)C2CCO2)s1. The van der Waals surface area contributed by atoms with Gasteiger partial charge in [-0.1, -0.05) is 0 Å². The Morgan fingerprint density at radius 2 is 2.62 bits per heavy atom. The number of aryl methyl sites for hydroxylation is 1. The highest BCUT2D eigenvalue weighted by Crippen LogP contribution is 2.19. The molecule has 2 heterocycles. The van der Waals surface area contributed by atoms with E-state index in [0.29, 0.717) is 6.61 Å². The summed E-state index contributed by atoms with van der Waals surface area (Å²) >= 11 is 1.47. The summed E-state index contributed by atoms with van der Waals surface area (Å²) in [5.74, 6) is -0.0603. The molecule has 1 aromatic rings. The van der Waals surface area contributed by atoms with E-state index in [1.54, 1.807) is 6.20 Å². The molecule has 0 aliphatic carbocycles. The Hall–Kier alpha value is -0.940. The molecule has 0 radical (unpaired) electrons. The van der Waals surface area contributed by atoms with Crippen LogP contribution in [-0.4, -0.2) is 23.6 Å². The van der Waals surface area contributed by atoms with Gasteiger partial charge in [-0.25, -0.2) is 4.98 Å². The smallest absolute Gasteiger partial charge is 0.254 e. The van der Waals surface area contributed by atoms with Crippen LogP contribution < -0.4 is 5.32 Å². The molecule has 13 heavy (non-hydrogen) atoms. The average Bonchev–Trinajstić information content (AvgIpc) is 2.31. The Labute approximate surface area is 79.9 Å². The van der Waals surface area contributed by atoms with Gasteiger partial charge >= 0.3 is 0 Å². The number of hydrogen-bond donors (Lipinski definition) is 1. The molecule has 1 unspecified atom stereocenters. The first-order valence-corrected chi connectivity index (χ1v) is 4.92. The van der Waals surface area contributed by atoms with E-state index in [0.717, 1.165) is 16.4 Å². The van der Waals surface area contributed by atoms with Crippen LogP contribution in [0.5, 0.6) is 0 Å². The molecule has 0 aromatic carbocycles. The van der Waals surface area contributed by atoms with Crippen molar-refractivity contribution in [3.8, 4) is 0 Å². The van der Waals surface area contributed by atoms with Crippen molar-refractivity contribution in [3.63, 3.8) is 0 Å². The monoisotopic (exact) mass is 198 g/mol. The number of thiazole rings is 1. The lowest BCUT2D eigenvalue weighted by molar-refractivity contribution is -0.139. The van der Waals surface area contributed by atoms with Crippen LogP contribution in [0.2, 0.25) is 0 Å². The highest BCUT2D eigenvalue weighted by Gasteiger charge is 2.26. The van der Waals surface area contributed by atoms with Crippen LogP contribution in [0.4, 0.5) is 5.00 Å². The van der Waals surface area contributed by atoms with Crippen LogP contribution in [0.25, 0.3) is 0 Å². The predicted molar refractivity (Wildman–Crippen MR) is 49.8 cm³/mol. The van der Waals surface area contributed by atoms with Crippen molar-refractivity contribution in [2.24, 2.45) is 0 Å². The minimum Gasteiger partial charge on any atom is -0.368 e. The number of nitrogens with zero attached hydrogens (tertiary/aromatic N) is 1. The standard InChI is InChI=1S/C8H10N2O2S/c1-5-9-4-7(13-5)10-8(11)6-2-3-12-6/h4,6H,2-3H2,1H3,(H,10,11). The van der Waals surface area contributed by atoms with Crippen molar-refractivity contribution in [1.29, 1.82) is 0 Å². The van der Waals surface area contributed by atoms with Crippen LogP contribution in [0, 0.1) is 6.92 Å². The molecule has 0 saturated carbocycles. The van der Waals surface area contributed by atoms with Crippen LogP contribution in [0.3, 0.4) is 0 Å². The summed E-state index contributed by atoms with van der Waals surface area (Å²) in [5, 5.41) is 4.50. The summed E-state index contributed by atoms with van der Waals surface area (Å²) in [6, 6.07) is 0. The Kier molecular flexibility index (Phi) is 2.28. The fraction of sp³-hybridized carbons (Fsp3) is 0.500. The first-order chi connectivity index (χ1) is 6.25. The van der Waals surface area contributed by atoms with E-state index in [4.69, 9.17) is 4.74 Å². The number of amides is 1. The van der Waals surface area contributed by atoms with Crippen molar-refractivity contribution in [2.45, 2.75) is 19.4 Å². The molecule has 1 aromatic heterocycles. The molecule has 70 valence electrons. The topological polar surface area (TPSA) is 51.2 Å². The number of ether oxygens (including phenoxy) is 1. The van der Waals surface area contributed by atoms with E-state index in [1.807, 2.05) is 6.92 Å². The van der Waals surface area contributed by atoms with Gasteiger partial charge < -0.3 is 10.1 Å². The van der Waals surface area contributed by atoms with Gasteiger partial charge in [0.2, 0.25) is 0 Å². The number of carbonyl (C=O) groups is 1. The fourth-order valence-electron chi connectivity index (χ4n) is 1.06. The molecule has 5 heteroatoms. The second kappa shape index (κ2) is 3.43. The fourth-order valence-corrected chi connectivity index (χ4v) is 1.74. The van der Waals surface area contributed by atoms with Crippen molar-refractivity contribution in [1.82, 2.24) is 4.98 Å². The molecule has 1 aliphatic rings. The summed E-state index contributed by atoms with van der Waals surface area (Å²) in [5.41, 5.74) is 0. The van der Waals surface area contributed by atoms with Crippen molar-refractivity contribution >= 4 is 22.2 Å². The summed E-state index contributed by atoms with van der Waals surface area (Å²) in [6.45, 7) is 2.60. The zero-order valence-electron chi connectivity index (χ0n) is 7.24. The highest BCUT2D eigenvalue weighted by molar-refractivity contribution is 7.15. The largest absolute Gasteiger partial charge is 0.368 e. The van der Waals surface area contributed by atoms with Crippen LogP contribution >= 0.6 is 11.3 Å². The molecule has 1 aliphatic heterocycles. The van der Waals surface area contributed by atoms with Crippen molar-refractivity contribution in [3.05, 3.63) is 11.2 Å². The van der Waals surface area contributed by atoms with Gasteiger partial charge in [-0.15, -0.1) is 11.3 Å². The number of hydrogen-bond acceptors (Lipinski definition) is 4. The van der Waals surface area contributed by atoms with Crippen LogP contribution in [0.15, 0.2) is 6.20 Å². The average molecular weight is 198 g/mol. The Morgan fingerprint density at radius 3 is 3.08 bits per heavy atom. The third-order valence-electron chi connectivity index (χ3n) is 1.86. The molecular formula is C8H10N2O2S. The maximum absolute atomic E-state index is 11.3. The lowest BCUT2D eigenvalue weighted by Gasteiger charge is -2.24. The lowest BCUT2D eigenvalue weighted by Crippen LogP contribution is -2.38. The number of aromatic nitrogens is 1. The zero-order chi connectivity index (χ0) is 9.26. The first kappa shape index (κ1) is 8.65. The van der Waals surface area contributed by atoms with E-state index in [9.17, 15) is 4.79 Å². The number of rotatable bonds is 2. The highest BCUT2D eigenvalue weighted by atomic mass is 32.1. The van der Waals surface area contributed by atoms with E-state index >= 15 is 0 Å². The Morgan fingerprint density at radius 1 is 1.85 bits per heavy atom. The summed E-state index contributed by atoms with van der Waals surface area (Å²) in [6.07, 6.45) is 2.24. The van der Waals surface area contributed by atoms with Gasteiger partial charge in [0.15, 0.2) is 0 Å².